The molecule has 2 fully saturated rings. The van der Waals surface area contributed by atoms with Gasteiger partial charge in [-0.05, 0) is 67.5 Å². The highest BCUT2D eigenvalue weighted by molar-refractivity contribution is 7.92. The number of likely N-dealkylation sites (tertiary alicyclic amines) is 1. The number of hydrogen-bond donors (Lipinski definition) is 0. The summed E-state index contributed by atoms with van der Waals surface area (Å²) < 4.78 is 141. The van der Waals surface area contributed by atoms with Crippen molar-refractivity contribution in [2.45, 2.75) is 65.8 Å². The third-order valence-electron chi connectivity index (χ3n) is 8.52. The van der Waals surface area contributed by atoms with Crippen molar-refractivity contribution in [3.05, 3.63) is 65.0 Å². The lowest BCUT2D eigenvalue weighted by molar-refractivity contribution is -0.348. The van der Waals surface area contributed by atoms with E-state index in [2.05, 4.69) is 0 Å². The number of fused-ring (bicyclic) bond motifs is 3. The Morgan fingerprint density at radius 2 is 1.51 bits per heavy atom. The van der Waals surface area contributed by atoms with E-state index in [0.29, 0.717) is 38.2 Å². The van der Waals surface area contributed by atoms with Crippen molar-refractivity contribution in [2.24, 2.45) is 5.92 Å². The van der Waals surface area contributed by atoms with Gasteiger partial charge in [-0.25, -0.2) is 17.2 Å². The van der Waals surface area contributed by atoms with Crippen LogP contribution in [-0.2, 0) is 36.2 Å². The van der Waals surface area contributed by atoms with E-state index in [1.54, 1.807) is 0 Å². The Labute approximate surface area is 230 Å². The molecule has 0 N–H and O–H groups in total. The van der Waals surface area contributed by atoms with Crippen molar-refractivity contribution in [1.29, 1.82) is 0 Å². The first-order valence-electron chi connectivity index (χ1n) is 12.9. The topological polar surface area (TPSA) is 63.7 Å². The number of alkyl halides is 7. The molecule has 0 unspecified atom stereocenters. The second kappa shape index (κ2) is 9.92. The third kappa shape index (κ3) is 4.43. The number of benzene rings is 2. The number of aryl methyl sites for hydroxylation is 1. The summed E-state index contributed by atoms with van der Waals surface area (Å²) in [6, 6.07) is 4.39. The van der Waals surface area contributed by atoms with Crippen LogP contribution in [0.5, 0.6) is 0 Å². The van der Waals surface area contributed by atoms with Gasteiger partial charge < -0.3 is 9.64 Å². The van der Waals surface area contributed by atoms with Crippen LogP contribution < -0.4 is 0 Å². The lowest BCUT2D eigenvalue weighted by Gasteiger charge is -2.43. The van der Waals surface area contributed by atoms with Crippen molar-refractivity contribution >= 4 is 15.7 Å². The Morgan fingerprint density at radius 1 is 0.902 bits per heavy atom. The van der Waals surface area contributed by atoms with Crippen molar-refractivity contribution in [3.8, 4) is 0 Å². The molecule has 14 heteroatoms. The van der Waals surface area contributed by atoms with Crippen LogP contribution in [0.15, 0.2) is 47.4 Å². The molecule has 0 aromatic heterocycles. The van der Waals surface area contributed by atoms with Gasteiger partial charge >= 0.3 is 18.0 Å². The number of nitrogens with zero attached hydrogens (tertiary/aromatic N) is 1. The van der Waals surface area contributed by atoms with Crippen molar-refractivity contribution < 1.29 is 53.1 Å². The molecule has 2 atom stereocenters. The molecule has 1 amide bonds. The molecular weight excluding hydrogens is 586 g/mol. The van der Waals surface area contributed by atoms with E-state index in [-0.39, 0.29) is 47.7 Å². The minimum Gasteiger partial charge on any atom is -0.381 e. The molecule has 2 aliphatic heterocycles. The van der Waals surface area contributed by atoms with E-state index in [1.807, 2.05) is 0 Å². The molecule has 0 bridgehead atoms. The summed E-state index contributed by atoms with van der Waals surface area (Å²) in [5.41, 5.74) is -7.69. The minimum atomic E-state index is -6.34. The predicted molar refractivity (Wildman–Crippen MR) is 129 cm³/mol. The lowest BCUT2D eigenvalue weighted by atomic mass is 9.76. The van der Waals surface area contributed by atoms with Crippen LogP contribution in [0.3, 0.4) is 0 Å². The van der Waals surface area contributed by atoms with Crippen LogP contribution in [0.25, 0.3) is 0 Å². The van der Waals surface area contributed by atoms with Gasteiger partial charge in [0.1, 0.15) is 10.6 Å². The van der Waals surface area contributed by atoms with Gasteiger partial charge in [0, 0.05) is 31.2 Å². The summed E-state index contributed by atoms with van der Waals surface area (Å²) in [6.07, 6.45) is -12.4. The fraction of sp³-hybridized carbons (Fsp3) is 0.519. The van der Waals surface area contributed by atoms with Gasteiger partial charge in [0.2, 0.25) is 5.91 Å². The van der Waals surface area contributed by atoms with Crippen molar-refractivity contribution in [2.75, 3.05) is 19.8 Å². The molecule has 5 nitrogen and oxygen atoms in total. The van der Waals surface area contributed by atoms with E-state index in [0.717, 1.165) is 30.3 Å². The Morgan fingerprint density at radius 3 is 2.10 bits per heavy atom. The van der Waals surface area contributed by atoms with Gasteiger partial charge in [0.25, 0.3) is 0 Å². The van der Waals surface area contributed by atoms with Crippen LogP contribution in [0.1, 0.15) is 42.4 Å². The number of ether oxygens (including phenoxy) is 1. The number of hydrogen-bond acceptors (Lipinski definition) is 4. The first-order valence-corrected chi connectivity index (χ1v) is 14.4. The first-order chi connectivity index (χ1) is 19.1. The molecule has 0 radical (unpaired) electrons. The molecule has 2 aromatic carbocycles. The van der Waals surface area contributed by atoms with Gasteiger partial charge in [0.15, 0.2) is 9.84 Å². The van der Waals surface area contributed by atoms with Gasteiger partial charge in [-0.15, -0.1) is 0 Å². The fourth-order valence-electron chi connectivity index (χ4n) is 6.50. The molecule has 0 spiro atoms. The quantitative estimate of drug-likeness (QED) is 0.326. The average Bonchev–Trinajstić information content (AvgIpc) is 3.33. The van der Waals surface area contributed by atoms with E-state index < -0.39 is 55.9 Å². The largest absolute Gasteiger partial charge is 0.435 e. The number of carbonyl (C=O) groups is 1. The number of rotatable bonds is 4. The van der Waals surface area contributed by atoms with E-state index in [1.165, 1.54) is 4.90 Å². The van der Waals surface area contributed by atoms with Gasteiger partial charge in [-0.1, -0.05) is 18.2 Å². The Kier molecular flexibility index (Phi) is 7.20. The normalized spacial score (nSPS) is 24.2. The molecule has 41 heavy (non-hydrogen) atoms. The molecule has 5 rings (SSSR count). The Bertz CT molecular complexity index is 1420. The van der Waals surface area contributed by atoms with Crippen LogP contribution in [0.2, 0.25) is 0 Å². The minimum absolute atomic E-state index is 0.0410. The van der Waals surface area contributed by atoms with Crippen molar-refractivity contribution in [3.63, 3.8) is 0 Å². The molecule has 3 aliphatic rings. The zero-order valence-corrected chi connectivity index (χ0v) is 22.2. The monoisotopic (exact) mass is 611 g/mol. The highest BCUT2D eigenvalue weighted by atomic mass is 32.2. The molecule has 2 saturated heterocycles. The SMILES string of the molecule is O=C(C1CCOCC1)N1CC[C@]2(S(=O)(=O)c3ccc(F)cc3)c3ccc(C(F)(C(F)(F)F)C(F)(F)F)cc3CC[C@H]12. The Balaban J connectivity index is 1.68. The Hall–Kier alpha value is -2.74. The highest BCUT2D eigenvalue weighted by Gasteiger charge is 2.74. The fourth-order valence-corrected chi connectivity index (χ4v) is 8.86. The predicted octanol–water partition coefficient (Wildman–Crippen LogP) is 5.76. The molecular formula is C27H25F8NO4S. The highest BCUT2D eigenvalue weighted by Crippen LogP contribution is 2.57. The molecule has 224 valence electrons. The summed E-state index contributed by atoms with van der Waals surface area (Å²) in [7, 11) is -4.52. The van der Waals surface area contributed by atoms with Crippen LogP contribution in [0.4, 0.5) is 35.1 Å². The van der Waals surface area contributed by atoms with Gasteiger partial charge in [-0.3, -0.25) is 4.79 Å². The van der Waals surface area contributed by atoms with E-state index in [9.17, 15) is 48.3 Å². The summed E-state index contributed by atoms with van der Waals surface area (Å²) >= 11 is 0. The average molecular weight is 612 g/mol. The van der Waals surface area contributed by atoms with Crippen molar-refractivity contribution in [1.82, 2.24) is 4.90 Å². The second-order valence-corrected chi connectivity index (χ2v) is 12.8. The van der Waals surface area contributed by atoms with E-state index >= 15 is 0 Å². The van der Waals surface area contributed by atoms with Gasteiger partial charge in [0.05, 0.1) is 10.9 Å². The summed E-state index contributed by atoms with van der Waals surface area (Å²) in [5.74, 6) is -1.48. The van der Waals surface area contributed by atoms with Crippen LogP contribution >= 0.6 is 0 Å². The smallest absolute Gasteiger partial charge is 0.381 e. The maximum Gasteiger partial charge on any atom is 0.435 e. The molecule has 1 aliphatic carbocycles. The lowest BCUT2D eigenvalue weighted by Crippen LogP contribution is -2.54. The summed E-state index contributed by atoms with van der Waals surface area (Å²) in [4.78, 5) is 14.7. The summed E-state index contributed by atoms with van der Waals surface area (Å²) in [5, 5.41) is 0. The van der Waals surface area contributed by atoms with Crippen LogP contribution in [-0.4, -0.2) is 57.4 Å². The molecule has 2 aromatic rings. The number of amides is 1. The zero-order chi connectivity index (χ0) is 30.0. The standard InChI is InChI=1S/C27H25F8NO4S/c28-19-3-5-20(6-4-19)41(38,39)24-11-12-36(23(37)16-9-13-40-14-10-16)22(24)8-1-17-15-18(2-7-21(17)24)25(29,26(30,31)32)27(33,34)35/h2-7,15-16,22H,1,8-14H2/t22-,24-/m0/s1. The zero-order valence-electron chi connectivity index (χ0n) is 21.4. The number of sulfone groups is 1. The number of carbonyl (C=O) groups excluding carboxylic acids is 1. The van der Waals surface area contributed by atoms with Gasteiger partial charge in [-0.2, -0.15) is 26.3 Å². The molecule has 0 saturated carbocycles. The van der Waals surface area contributed by atoms with E-state index in [4.69, 9.17) is 4.74 Å². The van der Waals surface area contributed by atoms with Crippen LogP contribution in [0, 0.1) is 11.7 Å². The molecule has 2 heterocycles. The third-order valence-corrected chi connectivity index (χ3v) is 11.1. The summed E-state index contributed by atoms with van der Waals surface area (Å²) in [6.45, 7) is 0.631. The first kappa shape index (κ1) is 29.7. The maximum atomic E-state index is 14.9. The maximum absolute atomic E-state index is 14.9. The second-order valence-electron chi connectivity index (χ2n) is 10.6. The number of halogens is 8.